The van der Waals surface area contributed by atoms with Gasteiger partial charge in [0.15, 0.2) is 0 Å². The van der Waals surface area contributed by atoms with E-state index in [1.54, 1.807) is 0 Å². The molecule has 0 aliphatic carbocycles. The fourth-order valence-electron chi connectivity index (χ4n) is 4.38. The van der Waals surface area contributed by atoms with Crippen LogP contribution in [-0.2, 0) is 12.3 Å². The summed E-state index contributed by atoms with van der Waals surface area (Å²) in [4.78, 5) is 0. The summed E-state index contributed by atoms with van der Waals surface area (Å²) in [5.74, 6) is 0. The maximum atomic E-state index is 8.36. The average Bonchev–Trinajstić information content (AvgIpc) is 2.69. The number of benzene rings is 3. The van der Waals surface area contributed by atoms with Gasteiger partial charge in [0, 0.05) is 0 Å². The molecule has 0 fully saturated rings. The van der Waals surface area contributed by atoms with E-state index in [0.717, 1.165) is 0 Å². The summed E-state index contributed by atoms with van der Waals surface area (Å²) in [6.45, 7) is 15.3. The molecule has 0 spiro atoms. The Morgan fingerprint density at radius 1 is 0.483 bits per heavy atom. The van der Waals surface area contributed by atoms with Crippen LogP contribution in [0.1, 0.15) is 0 Å². The van der Waals surface area contributed by atoms with Gasteiger partial charge in [0.05, 0.1) is 0 Å². The molecule has 3 aromatic carbocycles. The molecule has 0 unspecified atom stereocenters. The van der Waals surface area contributed by atoms with Crippen molar-refractivity contribution in [3.05, 3.63) is 91.0 Å². The van der Waals surface area contributed by atoms with Gasteiger partial charge in [-0.1, -0.05) is 0 Å². The van der Waals surface area contributed by atoms with Crippen LogP contribution in [-0.4, -0.2) is 40.0 Å². The van der Waals surface area contributed by atoms with E-state index in [-0.39, 0.29) is 0 Å². The molecule has 0 aromatic heterocycles. The molecule has 0 aliphatic heterocycles. The van der Waals surface area contributed by atoms with Crippen molar-refractivity contribution in [3.63, 3.8) is 0 Å². The summed E-state index contributed by atoms with van der Waals surface area (Å²) < 4.78 is 0. The molecule has 0 nitrogen and oxygen atoms in total. The molecule has 0 atom stereocenters. The van der Waals surface area contributed by atoms with E-state index in [4.69, 9.17) is 9.69 Å². The summed E-state index contributed by atoms with van der Waals surface area (Å²) in [6, 6.07) is 34.0. The first kappa shape index (κ1) is 23.5. The molecule has 29 heavy (non-hydrogen) atoms. The van der Waals surface area contributed by atoms with Crippen LogP contribution in [0, 0.1) is 0 Å². The zero-order chi connectivity index (χ0) is 21.3. The van der Waals surface area contributed by atoms with E-state index in [1.165, 1.54) is 15.9 Å². The molecule has 3 rings (SSSR count). The van der Waals surface area contributed by atoms with Crippen LogP contribution >= 0.6 is 26.5 Å². The van der Waals surface area contributed by atoms with Crippen molar-refractivity contribution in [3.8, 4) is 0 Å². The van der Waals surface area contributed by atoms with Crippen molar-refractivity contribution in [2.75, 3.05) is 40.0 Å². The Morgan fingerprint density at radius 3 is 0.931 bits per heavy atom. The molecule has 0 aliphatic rings. The van der Waals surface area contributed by atoms with Crippen molar-refractivity contribution in [2.45, 2.75) is 0 Å². The summed E-state index contributed by atoms with van der Waals surface area (Å²) in [5.41, 5.74) is -5.76. The van der Waals surface area contributed by atoms with Crippen LogP contribution in [0.4, 0.5) is 0 Å². The van der Waals surface area contributed by atoms with Gasteiger partial charge in [-0.15, -0.1) is 0 Å². The molecular weight excluding hydrogens is 520 g/mol. The van der Waals surface area contributed by atoms with Crippen molar-refractivity contribution in [1.82, 2.24) is 0 Å². The SMILES string of the molecule is C[PH](C)(C)[Rh]([Cl])([PH](C)(C)C)[PH](c1ccccc1)(c1ccccc1)c1ccccc1. The second-order valence-corrected chi connectivity index (χ2v) is 61.5. The second-order valence-electron chi connectivity index (χ2n) is 9.16. The average molecular weight is 556 g/mol. The van der Waals surface area contributed by atoms with E-state index in [0.29, 0.717) is 0 Å². The van der Waals surface area contributed by atoms with Crippen molar-refractivity contribution in [1.29, 1.82) is 0 Å². The normalized spacial score (nSPS) is 17.8. The Balaban J connectivity index is 2.60. The molecule has 0 bridgehead atoms. The third kappa shape index (κ3) is 3.93. The van der Waals surface area contributed by atoms with Gasteiger partial charge in [-0.3, -0.25) is 0 Å². The third-order valence-corrected chi connectivity index (χ3v) is 103. The van der Waals surface area contributed by atoms with Crippen molar-refractivity contribution < 1.29 is 12.3 Å². The summed E-state index contributed by atoms with van der Waals surface area (Å²) >= 11 is -2.58. The molecule has 0 radical (unpaired) electrons. The van der Waals surface area contributed by atoms with Crippen molar-refractivity contribution in [2.24, 2.45) is 0 Å². The fraction of sp³-hybridized carbons (Fsp3) is 0.250. The van der Waals surface area contributed by atoms with Gasteiger partial charge in [0.25, 0.3) is 0 Å². The summed E-state index contributed by atoms with van der Waals surface area (Å²) in [6.07, 6.45) is 0. The Labute approximate surface area is 184 Å². The fourth-order valence-corrected chi connectivity index (χ4v) is 109. The quantitative estimate of drug-likeness (QED) is 0.257. The van der Waals surface area contributed by atoms with Crippen LogP contribution in [0.15, 0.2) is 91.0 Å². The number of halogens is 1. The predicted octanol–water partition coefficient (Wildman–Crippen LogP) is 6.04. The van der Waals surface area contributed by atoms with E-state index < -0.39 is 29.1 Å². The minimum atomic E-state index is -2.58. The third-order valence-electron chi connectivity index (χ3n) is 5.20. The summed E-state index contributed by atoms with van der Waals surface area (Å²) in [7, 11) is 8.36. The second kappa shape index (κ2) is 8.78. The van der Waals surface area contributed by atoms with Crippen LogP contribution in [0.2, 0.25) is 0 Å². The summed E-state index contributed by atoms with van der Waals surface area (Å²) in [5, 5.41) is 4.50. The van der Waals surface area contributed by atoms with Gasteiger partial charge >= 0.3 is 186 Å². The van der Waals surface area contributed by atoms with Gasteiger partial charge in [-0.05, 0) is 0 Å². The topological polar surface area (TPSA) is 0 Å². The number of hydrogen-bond donors (Lipinski definition) is 0. The Kier molecular flexibility index (Phi) is 7.12. The molecule has 3 aromatic rings. The number of rotatable bonds is 6. The van der Waals surface area contributed by atoms with Crippen LogP contribution < -0.4 is 15.9 Å². The standard InChI is InChI=1S/C18H15P.2C3H9P.ClH.Rh/c1-4-10-16(11-5-1)19(17-12-6-2-7-13-17)18-14-8-3-9-15-18;2*1-4(2)3;;/h1-15H;2*1-3H3;1H;/q;;;;-2/p+2. The van der Waals surface area contributed by atoms with E-state index >= 15 is 0 Å². The van der Waals surface area contributed by atoms with Gasteiger partial charge in [0.2, 0.25) is 0 Å². The van der Waals surface area contributed by atoms with Gasteiger partial charge in [-0.25, -0.2) is 0 Å². The van der Waals surface area contributed by atoms with Gasteiger partial charge in [-0.2, -0.15) is 0 Å². The van der Waals surface area contributed by atoms with E-state index in [1.807, 2.05) is 0 Å². The molecule has 0 N–H and O–H groups in total. The Hall–Kier alpha value is -0.137. The first-order chi connectivity index (χ1) is 13.6. The molecule has 163 valence electrons. The molecule has 5 heteroatoms. The van der Waals surface area contributed by atoms with Crippen LogP contribution in [0.5, 0.6) is 0 Å². The number of hydrogen-bond acceptors (Lipinski definition) is 0. The molecular formula is C24H36ClP3Rh. The Bertz CT molecular complexity index is 822. The predicted molar refractivity (Wildman–Crippen MR) is 145 cm³/mol. The molecule has 0 saturated heterocycles. The van der Waals surface area contributed by atoms with E-state index in [9.17, 15) is 0 Å². The zero-order valence-corrected chi connectivity index (χ0v) is 23.8. The molecule has 0 saturated carbocycles. The van der Waals surface area contributed by atoms with Crippen LogP contribution in [0.25, 0.3) is 0 Å². The van der Waals surface area contributed by atoms with Gasteiger partial charge < -0.3 is 0 Å². The molecule has 0 heterocycles. The Morgan fingerprint density at radius 2 is 0.724 bits per heavy atom. The van der Waals surface area contributed by atoms with Crippen LogP contribution in [0.3, 0.4) is 0 Å². The zero-order valence-electron chi connectivity index (χ0n) is 18.4. The monoisotopic (exact) mass is 555 g/mol. The van der Waals surface area contributed by atoms with E-state index in [2.05, 4.69) is 131 Å². The minimum absolute atomic E-state index is 1.50. The first-order valence-electron chi connectivity index (χ1n) is 10.1. The van der Waals surface area contributed by atoms with Gasteiger partial charge in [0.1, 0.15) is 0 Å². The van der Waals surface area contributed by atoms with Crippen molar-refractivity contribution >= 4 is 42.4 Å². The first-order valence-corrected chi connectivity index (χ1v) is 28.1. The molecule has 0 amide bonds. The maximum absolute atomic E-state index is 8.36.